The Labute approximate surface area is 232 Å². The first-order chi connectivity index (χ1) is 19.8. The largest absolute Gasteiger partial charge is 0.506 e. The normalized spacial score (nSPS) is 11.1. The first kappa shape index (κ1) is 23.6. The molecule has 0 saturated carbocycles. The van der Waals surface area contributed by atoms with Crippen LogP contribution < -0.4 is 9.80 Å². The smallest absolute Gasteiger partial charge is 0.141 e. The van der Waals surface area contributed by atoms with Crippen LogP contribution in [-0.2, 0) is 0 Å². The number of rotatable bonds is 6. The summed E-state index contributed by atoms with van der Waals surface area (Å²) in [6, 6.07) is 50.5. The maximum absolute atomic E-state index is 11.5. The first-order valence-corrected chi connectivity index (χ1v) is 13.3. The minimum absolute atomic E-state index is 0.177. The second-order valence-electron chi connectivity index (χ2n) is 9.63. The van der Waals surface area contributed by atoms with Crippen molar-refractivity contribution in [2.24, 2.45) is 0 Å². The lowest BCUT2D eigenvalue weighted by Gasteiger charge is -2.29. The molecule has 0 aliphatic rings. The Balaban J connectivity index is 1.36. The molecule has 0 fully saturated rings. The van der Waals surface area contributed by atoms with E-state index in [-0.39, 0.29) is 5.75 Å². The Morgan fingerprint density at radius 3 is 1.52 bits per heavy atom. The molecule has 40 heavy (non-hydrogen) atoms. The zero-order chi connectivity index (χ0) is 26.9. The molecule has 0 saturated heterocycles. The standard InChI is InChI=1S/C36H26N2O2/c39-34-24-29(21-23-33(34)38(27-14-6-2-7-15-27)28-16-8-3-9-17-28)37(26-12-4-1-5-13-26)30-20-22-32-31-18-10-11-19-35(31)40-36(32)25-30/h1-25,39H. The van der Waals surface area contributed by atoms with E-state index in [1.54, 1.807) is 0 Å². The van der Waals surface area contributed by atoms with Crippen molar-refractivity contribution in [3.63, 3.8) is 0 Å². The average Bonchev–Trinajstić information content (AvgIpc) is 3.38. The van der Waals surface area contributed by atoms with Crippen LogP contribution in [0.2, 0.25) is 0 Å². The van der Waals surface area contributed by atoms with Gasteiger partial charge in [-0.05, 0) is 66.7 Å². The van der Waals surface area contributed by atoms with Crippen LogP contribution in [0.25, 0.3) is 21.9 Å². The number of hydrogen-bond donors (Lipinski definition) is 1. The van der Waals surface area contributed by atoms with Crippen molar-refractivity contribution in [1.29, 1.82) is 0 Å². The molecular weight excluding hydrogens is 492 g/mol. The maximum Gasteiger partial charge on any atom is 0.141 e. The summed E-state index contributed by atoms with van der Waals surface area (Å²) in [5.74, 6) is 0.177. The predicted molar refractivity (Wildman–Crippen MR) is 165 cm³/mol. The molecule has 0 bridgehead atoms. The Morgan fingerprint density at radius 2 is 0.900 bits per heavy atom. The fourth-order valence-corrected chi connectivity index (χ4v) is 5.30. The van der Waals surface area contributed by atoms with Gasteiger partial charge in [0.15, 0.2) is 0 Å². The summed E-state index contributed by atoms with van der Waals surface area (Å²) in [6.45, 7) is 0. The van der Waals surface area contributed by atoms with Crippen LogP contribution in [0.3, 0.4) is 0 Å². The third-order valence-corrected chi connectivity index (χ3v) is 7.12. The number of para-hydroxylation sites is 4. The van der Waals surface area contributed by atoms with Crippen molar-refractivity contribution in [2.45, 2.75) is 0 Å². The molecular formula is C36H26N2O2. The molecule has 4 heteroatoms. The number of furan rings is 1. The van der Waals surface area contributed by atoms with Crippen LogP contribution in [0.5, 0.6) is 5.75 Å². The molecule has 0 unspecified atom stereocenters. The summed E-state index contributed by atoms with van der Waals surface area (Å²) in [6.07, 6.45) is 0. The molecule has 0 spiro atoms. The van der Waals surface area contributed by atoms with Gasteiger partial charge in [0.05, 0.1) is 5.69 Å². The summed E-state index contributed by atoms with van der Waals surface area (Å²) in [5, 5.41) is 13.7. The summed E-state index contributed by atoms with van der Waals surface area (Å²) in [4.78, 5) is 4.19. The summed E-state index contributed by atoms with van der Waals surface area (Å²) in [5.41, 5.74) is 7.07. The molecule has 7 rings (SSSR count). The SMILES string of the molecule is Oc1cc(N(c2ccccc2)c2ccc3c(c2)oc2ccccc23)ccc1N(c1ccccc1)c1ccccc1. The van der Waals surface area contributed by atoms with Crippen LogP contribution in [-0.4, -0.2) is 5.11 Å². The van der Waals surface area contributed by atoms with Crippen molar-refractivity contribution in [1.82, 2.24) is 0 Å². The third kappa shape index (κ3) is 4.22. The zero-order valence-electron chi connectivity index (χ0n) is 21.7. The summed E-state index contributed by atoms with van der Waals surface area (Å²) in [7, 11) is 0. The highest BCUT2D eigenvalue weighted by Crippen LogP contribution is 2.44. The van der Waals surface area contributed by atoms with Gasteiger partial charge in [-0.1, -0.05) is 72.8 Å². The van der Waals surface area contributed by atoms with Crippen molar-refractivity contribution < 1.29 is 9.52 Å². The van der Waals surface area contributed by atoms with Gasteiger partial charge in [0.2, 0.25) is 0 Å². The lowest BCUT2D eigenvalue weighted by Crippen LogP contribution is -2.12. The molecule has 0 atom stereocenters. The van der Waals surface area contributed by atoms with Crippen molar-refractivity contribution >= 4 is 56.1 Å². The van der Waals surface area contributed by atoms with E-state index in [1.807, 2.05) is 115 Å². The third-order valence-electron chi connectivity index (χ3n) is 7.12. The van der Waals surface area contributed by atoms with E-state index in [0.717, 1.165) is 50.4 Å². The Kier molecular flexibility index (Phi) is 5.91. The molecule has 7 aromatic rings. The van der Waals surface area contributed by atoms with Gasteiger partial charge in [-0.2, -0.15) is 0 Å². The maximum atomic E-state index is 11.5. The highest BCUT2D eigenvalue weighted by molar-refractivity contribution is 6.06. The molecule has 0 amide bonds. The molecule has 6 aromatic carbocycles. The lowest BCUT2D eigenvalue weighted by molar-refractivity contribution is 0.476. The molecule has 4 nitrogen and oxygen atoms in total. The van der Waals surface area contributed by atoms with E-state index in [9.17, 15) is 5.11 Å². The van der Waals surface area contributed by atoms with Crippen LogP contribution in [0.1, 0.15) is 0 Å². The highest BCUT2D eigenvalue weighted by atomic mass is 16.3. The second kappa shape index (κ2) is 10.0. The highest BCUT2D eigenvalue weighted by Gasteiger charge is 2.20. The molecule has 1 aromatic heterocycles. The zero-order valence-corrected chi connectivity index (χ0v) is 21.7. The lowest BCUT2D eigenvalue weighted by atomic mass is 10.1. The van der Waals surface area contributed by atoms with Gasteiger partial charge in [0, 0.05) is 51.3 Å². The van der Waals surface area contributed by atoms with E-state index in [1.165, 1.54) is 0 Å². The predicted octanol–water partition coefficient (Wildman–Crippen LogP) is 10.2. The number of hydrogen-bond acceptors (Lipinski definition) is 4. The topological polar surface area (TPSA) is 39.9 Å². The number of anilines is 6. The number of fused-ring (bicyclic) bond motifs is 3. The fourth-order valence-electron chi connectivity index (χ4n) is 5.30. The van der Waals surface area contributed by atoms with Crippen molar-refractivity contribution in [3.05, 3.63) is 152 Å². The van der Waals surface area contributed by atoms with Gasteiger partial charge in [-0.3, -0.25) is 0 Å². The Hall–Kier alpha value is -5.48. The van der Waals surface area contributed by atoms with Gasteiger partial charge >= 0.3 is 0 Å². The van der Waals surface area contributed by atoms with Gasteiger partial charge in [-0.15, -0.1) is 0 Å². The van der Waals surface area contributed by atoms with Gasteiger partial charge in [0.25, 0.3) is 0 Å². The van der Waals surface area contributed by atoms with Crippen molar-refractivity contribution in [3.8, 4) is 5.75 Å². The molecule has 0 radical (unpaired) electrons. The molecule has 0 aliphatic carbocycles. The molecule has 0 aliphatic heterocycles. The minimum atomic E-state index is 0.177. The van der Waals surface area contributed by atoms with E-state index >= 15 is 0 Å². The number of nitrogens with zero attached hydrogens (tertiary/aromatic N) is 2. The fraction of sp³-hybridized carbons (Fsp3) is 0. The number of phenolic OH excluding ortho intramolecular Hbond substituents is 1. The summed E-state index contributed by atoms with van der Waals surface area (Å²) < 4.78 is 6.20. The van der Waals surface area contributed by atoms with E-state index < -0.39 is 0 Å². The average molecular weight is 519 g/mol. The van der Waals surface area contributed by atoms with E-state index in [4.69, 9.17) is 4.42 Å². The van der Waals surface area contributed by atoms with Crippen LogP contribution in [0.4, 0.5) is 34.1 Å². The molecule has 192 valence electrons. The van der Waals surface area contributed by atoms with Gasteiger partial charge < -0.3 is 19.3 Å². The van der Waals surface area contributed by atoms with Gasteiger partial charge in [0.1, 0.15) is 16.9 Å². The first-order valence-electron chi connectivity index (χ1n) is 13.3. The minimum Gasteiger partial charge on any atom is -0.506 e. The van der Waals surface area contributed by atoms with Crippen LogP contribution >= 0.6 is 0 Å². The summed E-state index contributed by atoms with van der Waals surface area (Å²) >= 11 is 0. The van der Waals surface area contributed by atoms with Crippen molar-refractivity contribution in [2.75, 3.05) is 9.80 Å². The second-order valence-corrected chi connectivity index (χ2v) is 9.63. The Bertz CT molecular complexity index is 1880. The molecule has 1 N–H and O–H groups in total. The monoisotopic (exact) mass is 518 g/mol. The van der Waals surface area contributed by atoms with Crippen LogP contribution in [0.15, 0.2) is 156 Å². The quantitative estimate of drug-likeness (QED) is 0.238. The number of benzene rings is 6. The number of phenols is 1. The molecule has 1 heterocycles. The van der Waals surface area contributed by atoms with E-state index in [2.05, 4.69) is 46.2 Å². The Morgan fingerprint density at radius 1 is 0.400 bits per heavy atom. The number of aromatic hydroxyl groups is 1. The van der Waals surface area contributed by atoms with Crippen LogP contribution in [0, 0.1) is 0 Å². The van der Waals surface area contributed by atoms with E-state index in [0.29, 0.717) is 5.69 Å². The van der Waals surface area contributed by atoms with Gasteiger partial charge in [-0.25, -0.2) is 0 Å².